The van der Waals surface area contributed by atoms with E-state index in [0.717, 1.165) is 0 Å². The summed E-state index contributed by atoms with van der Waals surface area (Å²) >= 11 is 0. The van der Waals surface area contributed by atoms with E-state index in [0.29, 0.717) is 19.3 Å². The summed E-state index contributed by atoms with van der Waals surface area (Å²) in [7, 11) is 0. The van der Waals surface area contributed by atoms with Crippen molar-refractivity contribution in [3.63, 3.8) is 0 Å². The van der Waals surface area contributed by atoms with Crippen LogP contribution < -0.4 is 0 Å². The Bertz CT molecular complexity index is 57.1. The monoisotopic (exact) mass is 104 g/mol. The van der Waals surface area contributed by atoms with Gasteiger partial charge in [-0.1, -0.05) is 0 Å². The van der Waals surface area contributed by atoms with Crippen molar-refractivity contribution < 1.29 is 9.50 Å². The highest BCUT2D eigenvalue weighted by atomic mass is 19.1. The minimum atomic E-state index is -0.727. The average molecular weight is 104 g/mol. The van der Waals surface area contributed by atoms with Crippen molar-refractivity contribution in [2.24, 2.45) is 0 Å². The molecule has 1 rings (SSSR count). The molecular formula is C5H9FO. The summed E-state index contributed by atoms with van der Waals surface area (Å²) in [4.78, 5) is 0. The molecule has 2 heteroatoms. The molecule has 0 bridgehead atoms. The van der Waals surface area contributed by atoms with Gasteiger partial charge in [-0.2, -0.15) is 0 Å². The quantitative estimate of drug-likeness (QED) is 0.483. The predicted octanol–water partition coefficient (Wildman–Crippen LogP) is 0.869. The van der Waals surface area contributed by atoms with Crippen LogP contribution in [0.25, 0.3) is 0 Å². The van der Waals surface area contributed by atoms with Crippen molar-refractivity contribution >= 4 is 0 Å². The lowest BCUT2D eigenvalue weighted by Gasteiger charge is -1.93. The summed E-state index contributed by atoms with van der Waals surface area (Å²) in [6, 6.07) is 0. The zero-order valence-electron chi connectivity index (χ0n) is 4.10. The van der Waals surface area contributed by atoms with E-state index in [-0.39, 0.29) is 6.10 Å². The molecule has 0 unspecified atom stereocenters. The van der Waals surface area contributed by atoms with Gasteiger partial charge in [0.05, 0.1) is 6.10 Å². The molecule has 1 nitrogen and oxygen atoms in total. The molecule has 0 saturated heterocycles. The highest BCUT2D eigenvalue weighted by molar-refractivity contribution is 4.72. The lowest BCUT2D eigenvalue weighted by Crippen LogP contribution is -1.98. The van der Waals surface area contributed by atoms with E-state index in [4.69, 9.17) is 5.11 Å². The van der Waals surface area contributed by atoms with Crippen LogP contribution in [0.1, 0.15) is 19.3 Å². The maximum Gasteiger partial charge on any atom is 0.103 e. The van der Waals surface area contributed by atoms with Gasteiger partial charge in [-0.15, -0.1) is 0 Å². The van der Waals surface area contributed by atoms with Gasteiger partial charge in [0.1, 0.15) is 6.17 Å². The minimum absolute atomic E-state index is 0.352. The second kappa shape index (κ2) is 1.78. The Hall–Kier alpha value is -0.110. The molecule has 1 aliphatic carbocycles. The SMILES string of the molecule is O[C@@H]1CC[C@H](F)C1. The maximum atomic E-state index is 12.0. The smallest absolute Gasteiger partial charge is 0.103 e. The number of aliphatic hydroxyl groups is 1. The number of hydrogen-bond donors (Lipinski definition) is 1. The normalized spacial score (nSPS) is 42.0. The van der Waals surface area contributed by atoms with E-state index in [1.165, 1.54) is 0 Å². The molecule has 0 aromatic heterocycles. The molecule has 0 radical (unpaired) electrons. The van der Waals surface area contributed by atoms with Crippen LogP contribution in [0.15, 0.2) is 0 Å². The van der Waals surface area contributed by atoms with E-state index in [9.17, 15) is 4.39 Å². The fourth-order valence-corrected chi connectivity index (χ4v) is 0.904. The highest BCUT2D eigenvalue weighted by Gasteiger charge is 2.21. The minimum Gasteiger partial charge on any atom is -0.393 e. The van der Waals surface area contributed by atoms with Gasteiger partial charge in [-0.3, -0.25) is 0 Å². The highest BCUT2D eigenvalue weighted by Crippen LogP contribution is 2.20. The van der Waals surface area contributed by atoms with Gasteiger partial charge in [0.25, 0.3) is 0 Å². The first kappa shape index (κ1) is 5.04. The zero-order chi connectivity index (χ0) is 5.28. The molecule has 2 atom stereocenters. The summed E-state index contributed by atoms with van der Waals surface area (Å²) in [5.74, 6) is 0. The lowest BCUT2D eigenvalue weighted by atomic mass is 10.3. The van der Waals surface area contributed by atoms with Gasteiger partial charge in [-0.05, 0) is 12.8 Å². The molecule has 1 aliphatic rings. The predicted molar refractivity (Wildman–Crippen MR) is 24.8 cm³/mol. The number of aliphatic hydroxyl groups excluding tert-OH is 1. The summed E-state index contributed by atoms with van der Waals surface area (Å²) < 4.78 is 12.0. The third-order valence-corrected chi connectivity index (χ3v) is 1.34. The first-order valence-electron chi connectivity index (χ1n) is 2.61. The van der Waals surface area contributed by atoms with Crippen LogP contribution >= 0.6 is 0 Å². The van der Waals surface area contributed by atoms with Crippen molar-refractivity contribution in [2.75, 3.05) is 0 Å². The van der Waals surface area contributed by atoms with Gasteiger partial charge < -0.3 is 5.11 Å². The second-order valence-electron chi connectivity index (χ2n) is 2.06. The van der Waals surface area contributed by atoms with Crippen molar-refractivity contribution in [1.29, 1.82) is 0 Å². The molecule has 0 spiro atoms. The molecule has 0 aliphatic heterocycles. The Kier molecular flexibility index (Phi) is 1.28. The Morgan fingerprint density at radius 2 is 2.14 bits per heavy atom. The van der Waals surface area contributed by atoms with Crippen LogP contribution in [0.5, 0.6) is 0 Å². The average Bonchev–Trinajstić information content (AvgIpc) is 1.87. The molecule has 1 saturated carbocycles. The first-order valence-corrected chi connectivity index (χ1v) is 2.61. The Labute approximate surface area is 42.2 Å². The number of alkyl halides is 1. The Morgan fingerprint density at radius 3 is 2.29 bits per heavy atom. The van der Waals surface area contributed by atoms with E-state index in [2.05, 4.69) is 0 Å². The molecule has 0 heterocycles. The Morgan fingerprint density at radius 1 is 1.43 bits per heavy atom. The van der Waals surface area contributed by atoms with Gasteiger partial charge in [-0.25, -0.2) is 4.39 Å². The maximum absolute atomic E-state index is 12.0. The van der Waals surface area contributed by atoms with E-state index >= 15 is 0 Å². The third kappa shape index (κ3) is 1.13. The van der Waals surface area contributed by atoms with Gasteiger partial charge in [0.15, 0.2) is 0 Å². The fourth-order valence-electron chi connectivity index (χ4n) is 0.904. The number of halogens is 1. The molecular weight excluding hydrogens is 95.1 g/mol. The van der Waals surface area contributed by atoms with E-state index in [1.54, 1.807) is 0 Å². The molecule has 0 amide bonds. The Balaban J connectivity index is 2.26. The molecule has 1 fully saturated rings. The summed E-state index contributed by atoms with van der Waals surface area (Å²) in [5.41, 5.74) is 0. The molecule has 0 aromatic rings. The van der Waals surface area contributed by atoms with Crippen LogP contribution in [0.3, 0.4) is 0 Å². The summed E-state index contributed by atoms with van der Waals surface area (Å²) in [6.45, 7) is 0. The van der Waals surface area contributed by atoms with Crippen molar-refractivity contribution in [3.8, 4) is 0 Å². The summed E-state index contributed by atoms with van der Waals surface area (Å²) in [5, 5.41) is 8.66. The fraction of sp³-hybridized carbons (Fsp3) is 1.00. The topological polar surface area (TPSA) is 20.2 Å². The largest absolute Gasteiger partial charge is 0.393 e. The van der Waals surface area contributed by atoms with Crippen LogP contribution in [0, 0.1) is 0 Å². The van der Waals surface area contributed by atoms with E-state index < -0.39 is 6.17 Å². The zero-order valence-corrected chi connectivity index (χ0v) is 4.10. The summed E-state index contributed by atoms with van der Waals surface area (Å²) in [6.07, 6.45) is 0.493. The van der Waals surface area contributed by atoms with E-state index in [1.807, 2.05) is 0 Å². The van der Waals surface area contributed by atoms with Crippen molar-refractivity contribution in [1.82, 2.24) is 0 Å². The van der Waals surface area contributed by atoms with Crippen LogP contribution in [-0.4, -0.2) is 17.4 Å². The first-order chi connectivity index (χ1) is 3.29. The number of hydrogen-bond acceptors (Lipinski definition) is 1. The number of rotatable bonds is 0. The molecule has 1 N–H and O–H groups in total. The molecule has 42 valence electrons. The van der Waals surface area contributed by atoms with Crippen molar-refractivity contribution in [2.45, 2.75) is 31.5 Å². The van der Waals surface area contributed by atoms with Gasteiger partial charge >= 0.3 is 0 Å². The standard InChI is InChI=1S/C5H9FO/c6-4-1-2-5(7)3-4/h4-5,7H,1-3H2/t4-,5+/m0/s1. The van der Waals surface area contributed by atoms with Crippen LogP contribution in [0.4, 0.5) is 4.39 Å². The second-order valence-corrected chi connectivity index (χ2v) is 2.06. The van der Waals surface area contributed by atoms with Crippen molar-refractivity contribution in [3.05, 3.63) is 0 Å². The van der Waals surface area contributed by atoms with Gasteiger partial charge in [0.2, 0.25) is 0 Å². The molecule has 7 heavy (non-hydrogen) atoms. The van der Waals surface area contributed by atoms with Crippen LogP contribution in [-0.2, 0) is 0 Å². The lowest BCUT2D eigenvalue weighted by molar-refractivity contribution is 0.171. The van der Waals surface area contributed by atoms with Gasteiger partial charge in [0, 0.05) is 6.42 Å². The molecule has 0 aromatic carbocycles. The van der Waals surface area contributed by atoms with Crippen LogP contribution in [0.2, 0.25) is 0 Å². The third-order valence-electron chi connectivity index (χ3n) is 1.34.